The number of aromatic amines is 1. The SMILES string of the molecule is CCOP(=S)(OCC)Oc1cc(C)nc(C(C)C)n1.CCSCCSP(=O)(OC)OC.CN[C@@H]1[C@H](O[C@H]2[C@H](O[C@H]3[C@H](O)[C@@H](O)[C@H](NC(=N)N)[C@@H](O)[C@@H]3NC(=N)N)O[C@@H](C)[C@]2(O)C=O)O[C@@H](CO)[C@H](O)[C@H]1O.COP(=O)(OC)OC=C(Cl)Cl.[S].c1ccc2[nH]c(-c3cscn3)nc2c1. The normalized spacial score (nSPS) is 26.2. The fraction of sp³-hybridized carbons (Fsp3) is 0.642. The summed E-state index contributed by atoms with van der Waals surface area (Å²) in [7, 11) is 3.11. The standard InChI is InChI=1S/C21H39N7O12.C12H21N2O3PS.C10H7N3S.C6H15O3PS2.C4H7Cl2O4P.S/c1-5-21(36,4-30)16(40-17-9(26-2)13(34)10(31)6(3-29)38-17)18(37-5)39-15-8(28-20(24)25)11(32)7(27-19(22)23)12(33)14(15)35;1-6-15-18(19,16-7-2)17-11-8-10(5)13-12(14-11)9(3)4;1-2-4-8-7(3-1)12-10(13-8)9-5-14-6-11-9;1-4-11-5-6-12-10(7,8-2)9-3;1-8-11(7,9-2)10-3-4(5)6;/h4-18,26,29,31-36H,3H2,1-2H3,(H4,22,23,27)(H4,24,25,28);8-9H,6-7H2,1-5H3;1-6H,(H,12,13);4-6H2,1-3H3;3H,1-2H3;/t5-,6-,7+,8-,9-,10-,11+,12-,13-,14+,15+,16-,17-,18-,21+;;;;;/m0...../s1. The molecule has 34 nitrogen and oxygen atoms in total. The number of ether oxygens (including phenoxy) is 4. The molecule has 7 rings (SSSR count). The lowest BCUT2D eigenvalue weighted by Crippen LogP contribution is -2.73. The summed E-state index contributed by atoms with van der Waals surface area (Å²) in [6.45, 7) is 7.67. The van der Waals surface area contributed by atoms with E-state index in [0.717, 1.165) is 57.6 Å². The van der Waals surface area contributed by atoms with Gasteiger partial charge in [0.15, 0.2) is 42.2 Å². The van der Waals surface area contributed by atoms with Gasteiger partial charge in [-0.25, -0.2) is 24.1 Å². The van der Waals surface area contributed by atoms with E-state index in [1.165, 1.54) is 53.8 Å². The molecule has 1 saturated carbocycles. The Balaban J connectivity index is 0.000000464. The predicted molar refractivity (Wildman–Crippen MR) is 375 cm³/mol. The number of thiazole rings is 1. The number of aliphatic hydroxyl groups is 7. The number of halogens is 2. The number of imidazole rings is 1. The largest absolute Gasteiger partial charge is 0.529 e. The molecule has 5 heterocycles. The van der Waals surface area contributed by atoms with Crippen LogP contribution in [0.2, 0.25) is 0 Å². The molecule has 3 aromatic heterocycles. The molecule has 0 unspecified atom stereocenters. The van der Waals surface area contributed by atoms with Crippen molar-refractivity contribution in [1.82, 2.24) is 40.9 Å². The number of hydrogen-bond donors (Lipinski definition) is 15. The molecule has 2 aliphatic heterocycles. The van der Waals surface area contributed by atoms with Crippen LogP contribution in [0.15, 0.2) is 52.0 Å². The second-order valence-electron chi connectivity index (χ2n) is 20.3. The second kappa shape index (κ2) is 43.8. The van der Waals surface area contributed by atoms with Crippen molar-refractivity contribution in [3.05, 3.63) is 63.5 Å². The van der Waals surface area contributed by atoms with Gasteiger partial charge in [-0.3, -0.25) is 33.7 Å². The number of rotatable bonds is 28. The molecule has 17 N–H and O–H groups in total. The third kappa shape index (κ3) is 27.3. The highest BCUT2D eigenvalue weighted by Crippen LogP contribution is 2.59. The Labute approximate surface area is 596 Å². The number of para-hydroxylation sites is 2. The molecule has 1 aromatic carbocycles. The van der Waals surface area contributed by atoms with Gasteiger partial charge in [0, 0.05) is 88.3 Å². The van der Waals surface area contributed by atoms with Gasteiger partial charge in [-0.15, -0.1) is 11.3 Å². The number of benzene rings is 1. The maximum Gasteiger partial charge on any atom is 0.529 e. The number of nitrogens with zero attached hydrogens (tertiary/aromatic N) is 4. The summed E-state index contributed by atoms with van der Waals surface area (Å²) in [5, 5.41) is 98.4. The van der Waals surface area contributed by atoms with Crippen molar-refractivity contribution in [2.24, 2.45) is 11.5 Å². The van der Waals surface area contributed by atoms with Crippen molar-refractivity contribution in [2.75, 3.05) is 72.6 Å². The Bertz CT molecular complexity index is 3130. The van der Waals surface area contributed by atoms with E-state index in [0.29, 0.717) is 19.1 Å². The van der Waals surface area contributed by atoms with E-state index in [-0.39, 0.29) is 30.2 Å². The fourth-order valence-electron chi connectivity index (χ4n) is 8.76. The first-order valence-electron chi connectivity index (χ1n) is 29.1. The van der Waals surface area contributed by atoms with Crippen LogP contribution in [-0.4, -0.2) is 243 Å². The van der Waals surface area contributed by atoms with Crippen LogP contribution in [0.4, 0.5) is 0 Å². The monoisotopic (exact) mass is 1570 g/mol. The van der Waals surface area contributed by atoms with Gasteiger partial charge in [0.2, 0.25) is 5.88 Å². The number of aromatic nitrogens is 5. The molecular weight excluding hydrogens is 1480 g/mol. The number of phosphoric acid groups is 1. The molecule has 0 spiro atoms. The predicted octanol–water partition coefficient (Wildman–Crippen LogP) is 4.73. The molecule has 97 heavy (non-hydrogen) atoms. The van der Waals surface area contributed by atoms with Crippen molar-refractivity contribution in [3.63, 3.8) is 0 Å². The third-order valence-corrected chi connectivity index (χ3v) is 23.1. The maximum atomic E-state index is 12.1. The van der Waals surface area contributed by atoms with Crippen molar-refractivity contribution in [2.45, 2.75) is 146 Å². The number of thioether (sulfide) groups is 1. The molecule has 1 aliphatic carbocycles. The number of carbonyl (C=O) groups excluding carboxylic acids is 1. The highest BCUT2D eigenvalue weighted by Gasteiger charge is 2.61. The van der Waals surface area contributed by atoms with E-state index in [4.69, 9.17) is 98.9 Å². The number of H-pyrrole nitrogens is 1. The van der Waals surface area contributed by atoms with Crippen molar-refractivity contribution < 1.29 is 105 Å². The number of phosphoric ester groups is 1. The van der Waals surface area contributed by atoms with E-state index < -0.39 is 131 Å². The minimum Gasteiger partial charge on any atom is -0.409 e. The molecule has 3 fully saturated rings. The topological polar surface area (TPSA) is 507 Å². The summed E-state index contributed by atoms with van der Waals surface area (Å²) in [5.74, 6) is 3.79. The van der Waals surface area contributed by atoms with Gasteiger partial charge in [-0.2, -0.15) is 16.7 Å². The average Bonchev–Trinajstić information content (AvgIpc) is 1.71. The van der Waals surface area contributed by atoms with E-state index in [1.807, 2.05) is 81.5 Å². The average molecular weight is 1570 g/mol. The smallest absolute Gasteiger partial charge is 0.409 e. The minimum atomic E-state index is -3.48. The summed E-state index contributed by atoms with van der Waals surface area (Å²) >= 11 is 20.3. The molecule has 3 aliphatic rings. The third-order valence-electron chi connectivity index (χ3n) is 13.5. The Morgan fingerprint density at radius 1 is 0.876 bits per heavy atom. The van der Waals surface area contributed by atoms with Gasteiger partial charge in [0.1, 0.15) is 65.0 Å². The minimum absolute atomic E-state index is 0. The van der Waals surface area contributed by atoms with Crippen molar-refractivity contribution in [3.8, 4) is 17.4 Å². The Kier molecular flexibility index (Phi) is 40.7. The van der Waals surface area contributed by atoms with Crippen LogP contribution in [0, 0.1) is 17.7 Å². The molecular formula is C53H89Cl2N12O22P3S5. The van der Waals surface area contributed by atoms with Gasteiger partial charge in [0.25, 0.3) is 0 Å². The summed E-state index contributed by atoms with van der Waals surface area (Å²) in [4.78, 5) is 32.7. The van der Waals surface area contributed by atoms with Crippen LogP contribution >= 0.6 is 92.5 Å². The zero-order chi connectivity index (χ0) is 72.3. The van der Waals surface area contributed by atoms with Crippen LogP contribution in [0.1, 0.15) is 59.0 Å². The molecule has 4 aromatic rings. The van der Waals surface area contributed by atoms with E-state index in [1.54, 1.807) is 17.4 Å². The number of nitrogens with one attached hydrogen (secondary N) is 6. The quantitative estimate of drug-likeness (QED) is 0.00912. The number of carbonyl (C=O) groups is 1. The first kappa shape index (κ1) is 90.1. The lowest BCUT2D eigenvalue weighted by atomic mass is 9.81. The van der Waals surface area contributed by atoms with E-state index >= 15 is 0 Å². The summed E-state index contributed by atoms with van der Waals surface area (Å²) in [5.41, 5.74) is 14.0. The maximum absolute atomic E-state index is 12.1. The van der Waals surface area contributed by atoms with E-state index in [9.17, 15) is 49.7 Å². The number of aldehydes is 1. The van der Waals surface area contributed by atoms with E-state index in [2.05, 4.69) is 61.4 Å². The Morgan fingerprint density at radius 3 is 1.99 bits per heavy atom. The highest BCUT2D eigenvalue weighted by atomic mass is 35.5. The zero-order valence-electron chi connectivity index (χ0n) is 54.9. The molecule has 15 atom stereocenters. The first-order valence-corrected chi connectivity index (χ1v) is 39.1. The number of hydrogen-bond acceptors (Lipinski definition) is 33. The van der Waals surface area contributed by atoms with Crippen LogP contribution in [0.3, 0.4) is 0 Å². The molecule has 44 heteroatoms. The second-order valence-corrected chi connectivity index (χ2v) is 32.6. The number of nitrogens with two attached hydrogens (primary N) is 2. The molecule has 0 bridgehead atoms. The number of aryl methyl sites for hydroxylation is 1. The molecule has 2 radical (unpaired) electrons. The molecule has 0 amide bonds. The fourth-order valence-corrected chi connectivity index (χ4v) is 15.7. The Hall–Kier alpha value is -3.03. The number of fused-ring (bicyclic) bond motifs is 1. The first-order chi connectivity index (χ1) is 45.3. The Morgan fingerprint density at radius 2 is 1.48 bits per heavy atom. The summed E-state index contributed by atoms with van der Waals surface area (Å²) in [6.07, 6.45) is -16.4. The molecule has 552 valence electrons. The lowest BCUT2D eigenvalue weighted by molar-refractivity contribution is -0.314. The lowest BCUT2D eigenvalue weighted by Gasteiger charge is -2.47. The van der Waals surface area contributed by atoms with Gasteiger partial charge in [-0.1, -0.05) is 56.1 Å². The zero-order valence-corrected chi connectivity index (χ0v) is 63.2. The van der Waals surface area contributed by atoms with Crippen LogP contribution in [-0.2, 0) is 76.3 Å². The van der Waals surface area contributed by atoms with Gasteiger partial charge in [-0.05, 0) is 64.0 Å². The van der Waals surface area contributed by atoms with Crippen LogP contribution < -0.4 is 31.9 Å². The summed E-state index contributed by atoms with van der Waals surface area (Å²) < 4.78 is 84.5. The number of guanidine groups is 2. The van der Waals surface area contributed by atoms with Gasteiger partial charge < -0.3 is 105 Å². The van der Waals surface area contributed by atoms with Gasteiger partial charge >= 0.3 is 21.3 Å². The number of likely N-dealkylation sites (N-methyl/N-ethyl adjacent to an activating group) is 1. The van der Waals surface area contributed by atoms with Gasteiger partial charge in [0.05, 0.1) is 66.7 Å². The van der Waals surface area contributed by atoms with Crippen molar-refractivity contribution in [1.29, 1.82) is 10.8 Å². The van der Waals surface area contributed by atoms with Crippen LogP contribution in [0.5, 0.6) is 5.88 Å². The summed E-state index contributed by atoms with van der Waals surface area (Å²) in [6, 6.07) is 5.76. The highest BCUT2D eigenvalue weighted by molar-refractivity contribution is 8.55. The van der Waals surface area contributed by atoms with Crippen molar-refractivity contribution >= 4 is 134 Å². The number of aliphatic hydroxyl groups excluding tert-OH is 6. The molecule has 2 saturated heterocycles. The van der Waals surface area contributed by atoms with Crippen LogP contribution in [0.25, 0.3) is 22.6 Å².